The van der Waals surface area contributed by atoms with Gasteiger partial charge in [0.1, 0.15) is 4.83 Å². The Labute approximate surface area is 130 Å². The number of nitrogens with zero attached hydrogens (tertiary/aromatic N) is 2. The number of aldehydes is 1. The van der Waals surface area contributed by atoms with Gasteiger partial charge in [-0.1, -0.05) is 0 Å². The number of carbonyl (C=O) groups excluding carboxylic acids is 1. The Kier molecular flexibility index (Phi) is 4.01. The molecule has 0 N–H and O–H groups in total. The second-order valence-electron chi connectivity index (χ2n) is 5.47. The van der Waals surface area contributed by atoms with Crippen molar-refractivity contribution in [2.24, 2.45) is 0 Å². The van der Waals surface area contributed by atoms with E-state index >= 15 is 0 Å². The Morgan fingerprint density at radius 3 is 2.73 bits per heavy atom. The van der Waals surface area contributed by atoms with Gasteiger partial charge in [0.25, 0.3) is 5.56 Å². The molecule has 1 aliphatic heterocycles. The smallest absolute Gasteiger partial charge is 0.332 e. The third-order valence-corrected chi connectivity index (χ3v) is 5.40. The summed E-state index contributed by atoms with van der Waals surface area (Å²) in [7, 11) is 0. The third kappa shape index (κ3) is 2.24. The molecule has 118 valence electrons. The molecule has 0 radical (unpaired) electrons. The van der Waals surface area contributed by atoms with Gasteiger partial charge in [0.15, 0.2) is 6.29 Å². The van der Waals surface area contributed by atoms with Crippen LogP contribution in [0.25, 0.3) is 10.2 Å². The molecule has 1 saturated heterocycles. The molecule has 0 aromatic carbocycles. The molecule has 1 unspecified atom stereocenters. The molecule has 3 rings (SSSR count). The summed E-state index contributed by atoms with van der Waals surface area (Å²) < 4.78 is 8.44. The maximum Gasteiger partial charge on any atom is 0.332 e. The molecule has 0 aliphatic carbocycles. The van der Waals surface area contributed by atoms with Crippen molar-refractivity contribution >= 4 is 27.8 Å². The highest BCUT2D eigenvalue weighted by atomic mass is 32.1. The molecule has 22 heavy (non-hydrogen) atoms. The third-order valence-electron chi connectivity index (χ3n) is 4.16. The number of rotatable bonds is 4. The van der Waals surface area contributed by atoms with E-state index in [2.05, 4.69) is 0 Å². The van der Waals surface area contributed by atoms with Gasteiger partial charge in [0.2, 0.25) is 0 Å². The van der Waals surface area contributed by atoms with Crippen molar-refractivity contribution in [3.63, 3.8) is 0 Å². The Morgan fingerprint density at radius 2 is 2.14 bits per heavy atom. The zero-order chi connectivity index (χ0) is 15.9. The van der Waals surface area contributed by atoms with Gasteiger partial charge in [0, 0.05) is 13.2 Å². The maximum atomic E-state index is 12.6. The summed E-state index contributed by atoms with van der Waals surface area (Å²) in [5, 5.41) is 0.478. The Balaban J connectivity index is 2.30. The molecule has 0 spiro atoms. The quantitative estimate of drug-likeness (QED) is 0.801. The molecule has 0 amide bonds. The molecule has 0 bridgehead atoms. The molecular weight excluding hydrogens is 304 g/mol. The van der Waals surface area contributed by atoms with E-state index in [4.69, 9.17) is 4.74 Å². The van der Waals surface area contributed by atoms with Gasteiger partial charge in [0.05, 0.1) is 22.9 Å². The minimum absolute atomic E-state index is 0.00852. The van der Waals surface area contributed by atoms with Crippen LogP contribution in [0, 0.1) is 6.92 Å². The van der Waals surface area contributed by atoms with E-state index in [0.717, 1.165) is 19.1 Å². The van der Waals surface area contributed by atoms with E-state index in [9.17, 15) is 14.4 Å². The lowest BCUT2D eigenvalue weighted by molar-refractivity contribution is 0.0966. The average molecular weight is 322 g/mol. The van der Waals surface area contributed by atoms with Crippen LogP contribution in [0.2, 0.25) is 0 Å². The summed E-state index contributed by atoms with van der Waals surface area (Å²) in [6, 6.07) is 0. The fraction of sp³-hybridized carbons (Fsp3) is 0.533. The van der Waals surface area contributed by atoms with Crippen molar-refractivity contribution < 1.29 is 9.53 Å². The fourth-order valence-electron chi connectivity index (χ4n) is 2.96. The average Bonchev–Trinajstić information content (AvgIpc) is 3.11. The van der Waals surface area contributed by atoms with Crippen LogP contribution < -0.4 is 11.2 Å². The van der Waals surface area contributed by atoms with E-state index in [1.165, 1.54) is 15.9 Å². The first-order valence-corrected chi connectivity index (χ1v) is 8.23. The van der Waals surface area contributed by atoms with Crippen LogP contribution in [0.4, 0.5) is 0 Å². The van der Waals surface area contributed by atoms with Crippen molar-refractivity contribution in [2.45, 2.75) is 45.9 Å². The highest BCUT2D eigenvalue weighted by Crippen LogP contribution is 2.27. The molecule has 2 aromatic rings. The maximum absolute atomic E-state index is 12.6. The van der Waals surface area contributed by atoms with Crippen LogP contribution in [0.5, 0.6) is 0 Å². The first kappa shape index (κ1) is 15.2. The van der Waals surface area contributed by atoms with Gasteiger partial charge in [-0.3, -0.25) is 18.7 Å². The monoisotopic (exact) mass is 322 g/mol. The van der Waals surface area contributed by atoms with Crippen LogP contribution in [0.1, 0.15) is 35.0 Å². The van der Waals surface area contributed by atoms with Crippen LogP contribution in [-0.4, -0.2) is 28.1 Å². The summed E-state index contributed by atoms with van der Waals surface area (Å²) in [6.07, 6.45) is 2.63. The minimum atomic E-state index is -0.325. The number of fused-ring (bicyclic) bond motifs is 1. The number of aryl methyl sites for hydroxylation is 1. The van der Waals surface area contributed by atoms with Crippen molar-refractivity contribution in [1.82, 2.24) is 9.13 Å². The Bertz CT molecular complexity index is 840. The second-order valence-corrected chi connectivity index (χ2v) is 6.50. The lowest BCUT2D eigenvalue weighted by atomic mass is 10.2. The topological polar surface area (TPSA) is 70.3 Å². The number of thiophene rings is 1. The second kappa shape index (κ2) is 5.81. The number of ether oxygens (including phenoxy) is 1. The molecule has 0 saturated carbocycles. The molecule has 7 heteroatoms. The molecule has 3 heterocycles. The highest BCUT2D eigenvalue weighted by molar-refractivity contribution is 7.20. The van der Waals surface area contributed by atoms with Crippen molar-refractivity contribution in [1.29, 1.82) is 0 Å². The minimum Gasteiger partial charge on any atom is -0.376 e. The number of hydrogen-bond acceptors (Lipinski definition) is 5. The lowest BCUT2D eigenvalue weighted by Gasteiger charge is -2.14. The van der Waals surface area contributed by atoms with Gasteiger partial charge in [-0.15, -0.1) is 11.3 Å². The zero-order valence-corrected chi connectivity index (χ0v) is 13.4. The van der Waals surface area contributed by atoms with E-state index < -0.39 is 0 Å². The molecule has 1 atom stereocenters. The standard InChI is InChI=1S/C15H18N2O4S/c1-3-16-13(19)12-9(2)11(8-18)22-14(12)17(15(16)20)7-10-5-4-6-21-10/h8,10H,3-7H2,1-2H3. The van der Waals surface area contributed by atoms with E-state index in [0.29, 0.717) is 40.4 Å². The predicted molar refractivity (Wildman–Crippen MR) is 85.1 cm³/mol. The molecular formula is C15H18N2O4S. The first-order chi connectivity index (χ1) is 10.6. The van der Waals surface area contributed by atoms with Gasteiger partial charge >= 0.3 is 5.69 Å². The molecule has 1 aliphatic rings. The number of carbonyl (C=O) groups is 1. The van der Waals surface area contributed by atoms with Crippen molar-refractivity contribution in [3.8, 4) is 0 Å². The zero-order valence-electron chi connectivity index (χ0n) is 12.6. The van der Waals surface area contributed by atoms with Crippen molar-refractivity contribution in [3.05, 3.63) is 31.3 Å². The summed E-state index contributed by atoms with van der Waals surface area (Å²) in [5.74, 6) is 0. The normalized spacial score (nSPS) is 18.2. The predicted octanol–water partition coefficient (Wildman–Crippen LogP) is 1.54. The number of aromatic nitrogens is 2. The summed E-state index contributed by atoms with van der Waals surface area (Å²) in [4.78, 5) is 37.4. The van der Waals surface area contributed by atoms with Gasteiger partial charge in [-0.05, 0) is 32.3 Å². The summed E-state index contributed by atoms with van der Waals surface area (Å²) in [5.41, 5.74) is 0.0189. The van der Waals surface area contributed by atoms with Crippen LogP contribution in [0.15, 0.2) is 9.59 Å². The Morgan fingerprint density at radius 1 is 1.36 bits per heavy atom. The van der Waals surface area contributed by atoms with E-state index in [1.807, 2.05) is 0 Å². The van der Waals surface area contributed by atoms with Crippen molar-refractivity contribution in [2.75, 3.05) is 6.61 Å². The molecule has 6 nitrogen and oxygen atoms in total. The van der Waals surface area contributed by atoms with Gasteiger partial charge in [-0.2, -0.15) is 0 Å². The van der Waals surface area contributed by atoms with Gasteiger partial charge < -0.3 is 4.74 Å². The molecule has 1 fully saturated rings. The van der Waals surface area contributed by atoms with E-state index in [-0.39, 0.29) is 17.4 Å². The highest BCUT2D eigenvalue weighted by Gasteiger charge is 2.23. The fourth-order valence-corrected chi connectivity index (χ4v) is 4.07. The van der Waals surface area contributed by atoms with Gasteiger partial charge in [-0.25, -0.2) is 4.79 Å². The van der Waals surface area contributed by atoms with E-state index in [1.54, 1.807) is 18.4 Å². The Hall–Kier alpha value is -1.73. The van der Waals surface area contributed by atoms with Crippen LogP contribution in [0.3, 0.4) is 0 Å². The lowest BCUT2D eigenvalue weighted by Crippen LogP contribution is -2.40. The summed E-state index contributed by atoms with van der Waals surface area (Å²) in [6.45, 7) is 4.97. The summed E-state index contributed by atoms with van der Waals surface area (Å²) >= 11 is 1.21. The first-order valence-electron chi connectivity index (χ1n) is 7.42. The molecule has 2 aromatic heterocycles. The SMILES string of the molecule is CCn1c(=O)c2c(C)c(C=O)sc2n(CC2CCCO2)c1=O. The number of hydrogen-bond donors (Lipinski definition) is 0. The van der Waals surface area contributed by atoms with Crippen LogP contribution in [-0.2, 0) is 17.8 Å². The largest absolute Gasteiger partial charge is 0.376 e. The van der Waals surface area contributed by atoms with Crippen LogP contribution >= 0.6 is 11.3 Å².